The summed E-state index contributed by atoms with van der Waals surface area (Å²) >= 11 is 8.11. The Hall–Kier alpha value is -0.900. The van der Waals surface area contributed by atoms with Crippen molar-refractivity contribution >= 4 is 22.9 Å². The number of fused-ring (bicyclic) bond motifs is 1. The van der Waals surface area contributed by atoms with Gasteiger partial charge in [-0.15, -0.1) is 11.3 Å². The van der Waals surface area contributed by atoms with Crippen molar-refractivity contribution in [3.8, 4) is 0 Å². The summed E-state index contributed by atoms with van der Waals surface area (Å²) in [6.45, 7) is 3.09. The summed E-state index contributed by atoms with van der Waals surface area (Å²) in [5.41, 5.74) is 2.66. The van der Waals surface area contributed by atoms with Crippen LogP contribution in [0.1, 0.15) is 47.9 Å². The third-order valence-electron chi connectivity index (χ3n) is 3.99. The summed E-state index contributed by atoms with van der Waals surface area (Å²) in [5, 5.41) is 6.57. The van der Waals surface area contributed by atoms with Gasteiger partial charge in [-0.2, -0.15) is 0 Å². The zero-order valence-corrected chi connectivity index (χ0v) is 13.2. The molecule has 0 radical (unpaired) electrons. The second-order valence-corrected chi connectivity index (χ2v) is 6.57. The van der Waals surface area contributed by atoms with Gasteiger partial charge in [0, 0.05) is 22.7 Å². The molecule has 0 saturated carbocycles. The fraction of sp³-hybridized carbons (Fsp3) is 0.438. The Labute approximate surface area is 129 Å². The normalized spacial score (nSPS) is 19.6. The Bertz CT molecular complexity index is 581. The van der Waals surface area contributed by atoms with Crippen molar-refractivity contribution in [1.82, 2.24) is 10.3 Å². The Morgan fingerprint density at radius 3 is 3.15 bits per heavy atom. The van der Waals surface area contributed by atoms with Gasteiger partial charge in [0.1, 0.15) is 0 Å². The van der Waals surface area contributed by atoms with Crippen molar-refractivity contribution < 1.29 is 0 Å². The lowest BCUT2D eigenvalue weighted by Crippen LogP contribution is -2.29. The standard InChI is InChI=1S/C16H19ClN2S/c1-2-18-15(16-13(17)8-10-20-16)12-7-3-5-11-6-4-9-19-14(11)12/h4,6,8-10,12,15,18H,2-3,5,7H2,1H3. The monoisotopic (exact) mass is 306 g/mol. The molecule has 4 heteroatoms. The highest BCUT2D eigenvalue weighted by Crippen LogP contribution is 2.42. The third-order valence-corrected chi connectivity index (χ3v) is 5.43. The van der Waals surface area contributed by atoms with E-state index in [0.29, 0.717) is 5.92 Å². The van der Waals surface area contributed by atoms with E-state index in [9.17, 15) is 0 Å². The summed E-state index contributed by atoms with van der Waals surface area (Å²) in [6, 6.07) is 6.53. The molecule has 0 fully saturated rings. The lowest BCUT2D eigenvalue weighted by molar-refractivity contribution is 0.405. The van der Waals surface area contributed by atoms with Crippen molar-refractivity contribution in [3.05, 3.63) is 50.9 Å². The number of pyridine rings is 1. The van der Waals surface area contributed by atoms with Gasteiger partial charge in [0.05, 0.1) is 11.1 Å². The van der Waals surface area contributed by atoms with Crippen molar-refractivity contribution in [1.29, 1.82) is 0 Å². The molecule has 0 saturated heterocycles. The summed E-state index contributed by atoms with van der Waals surface area (Å²) < 4.78 is 0. The molecule has 2 aromatic rings. The van der Waals surface area contributed by atoms with E-state index in [1.807, 2.05) is 18.3 Å². The highest BCUT2D eigenvalue weighted by atomic mass is 35.5. The Morgan fingerprint density at radius 2 is 2.40 bits per heavy atom. The number of aryl methyl sites for hydroxylation is 1. The summed E-state index contributed by atoms with van der Waals surface area (Å²) in [4.78, 5) is 5.91. The summed E-state index contributed by atoms with van der Waals surface area (Å²) in [7, 11) is 0. The lowest BCUT2D eigenvalue weighted by Gasteiger charge is -2.31. The summed E-state index contributed by atoms with van der Waals surface area (Å²) in [6.07, 6.45) is 5.47. The number of likely N-dealkylation sites (N-methyl/N-ethyl adjacent to an activating group) is 1. The molecule has 0 spiro atoms. The molecule has 1 aliphatic rings. The van der Waals surface area contributed by atoms with E-state index in [0.717, 1.165) is 18.0 Å². The lowest BCUT2D eigenvalue weighted by atomic mass is 9.81. The van der Waals surface area contributed by atoms with Crippen LogP contribution < -0.4 is 5.32 Å². The van der Waals surface area contributed by atoms with Crippen molar-refractivity contribution in [2.45, 2.75) is 38.1 Å². The first-order chi connectivity index (χ1) is 9.81. The average Bonchev–Trinajstić information content (AvgIpc) is 2.90. The topological polar surface area (TPSA) is 24.9 Å². The van der Waals surface area contributed by atoms with Crippen LogP contribution in [0, 0.1) is 0 Å². The van der Waals surface area contributed by atoms with Crippen LogP contribution in [-0.2, 0) is 6.42 Å². The Balaban J connectivity index is 1.99. The largest absolute Gasteiger partial charge is 0.309 e. The van der Waals surface area contributed by atoms with Gasteiger partial charge >= 0.3 is 0 Å². The van der Waals surface area contributed by atoms with Gasteiger partial charge < -0.3 is 5.32 Å². The molecule has 2 unspecified atom stereocenters. The van der Waals surface area contributed by atoms with Crippen LogP contribution in [0.2, 0.25) is 5.02 Å². The molecule has 20 heavy (non-hydrogen) atoms. The van der Waals surface area contributed by atoms with Crippen LogP contribution in [-0.4, -0.2) is 11.5 Å². The molecule has 0 aliphatic heterocycles. The maximum Gasteiger partial charge on any atom is 0.0561 e. The third kappa shape index (κ3) is 2.62. The van der Waals surface area contributed by atoms with Crippen LogP contribution in [0.25, 0.3) is 0 Å². The first-order valence-electron chi connectivity index (χ1n) is 7.21. The molecule has 2 nitrogen and oxygen atoms in total. The van der Waals surface area contributed by atoms with Crippen molar-refractivity contribution in [2.75, 3.05) is 6.54 Å². The number of rotatable bonds is 4. The van der Waals surface area contributed by atoms with E-state index in [4.69, 9.17) is 11.6 Å². The number of halogens is 1. The number of thiophene rings is 1. The predicted molar refractivity (Wildman–Crippen MR) is 85.7 cm³/mol. The molecule has 2 atom stereocenters. The molecule has 2 heterocycles. The second-order valence-electron chi connectivity index (χ2n) is 5.21. The molecule has 106 valence electrons. The molecule has 2 aromatic heterocycles. The fourth-order valence-electron chi connectivity index (χ4n) is 3.13. The van der Waals surface area contributed by atoms with Gasteiger partial charge in [0.25, 0.3) is 0 Å². The SMILES string of the molecule is CCNC(c1sccc1Cl)C1CCCc2cccnc21. The molecule has 1 aliphatic carbocycles. The number of nitrogens with zero attached hydrogens (tertiary/aromatic N) is 1. The van der Waals surface area contributed by atoms with Gasteiger partial charge in [-0.25, -0.2) is 0 Å². The van der Waals surface area contributed by atoms with E-state index < -0.39 is 0 Å². The maximum absolute atomic E-state index is 6.37. The van der Waals surface area contributed by atoms with Crippen molar-refractivity contribution in [2.24, 2.45) is 0 Å². The first-order valence-corrected chi connectivity index (χ1v) is 8.47. The molecule has 0 aromatic carbocycles. The zero-order chi connectivity index (χ0) is 13.9. The minimum absolute atomic E-state index is 0.279. The fourth-order valence-corrected chi connectivity index (χ4v) is 4.45. The maximum atomic E-state index is 6.37. The molecule has 1 N–H and O–H groups in total. The van der Waals surface area contributed by atoms with Gasteiger partial charge in [-0.1, -0.05) is 24.6 Å². The van der Waals surface area contributed by atoms with Crippen LogP contribution in [0.3, 0.4) is 0 Å². The number of nitrogens with one attached hydrogen (secondary N) is 1. The van der Waals surface area contributed by atoms with Gasteiger partial charge in [0.15, 0.2) is 0 Å². The Kier molecular flexibility index (Phi) is 4.39. The molecular weight excluding hydrogens is 288 g/mol. The van der Waals surface area contributed by atoms with E-state index in [1.165, 1.54) is 29.0 Å². The van der Waals surface area contributed by atoms with Crippen LogP contribution in [0.4, 0.5) is 0 Å². The minimum Gasteiger partial charge on any atom is -0.309 e. The predicted octanol–water partition coefficient (Wildman–Crippen LogP) is 4.57. The van der Waals surface area contributed by atoms with Crippen LogP contribution in [0.5, 0.6) is 0 Å². The Morgan fingerprint density at radius 1 is 1.50 bits per heavy atom. The minimum atomic E-state index is 0.279. The number of hydrogen-bond acceptors (Lipinski definition) is 3. The van der Waals surface area contributed by atoms with Crippen LogP contribution >= 0.6 is 22.9 Å². The number of hydrogen-bond donors (Lipinski definition) is 1. The molecule has 0 bridgehead atoms. The summed E-state index contributed by atoms with van der Waals surface area (Å²) in [5.74, 6) is 0.427. The highest BCUT2D eigenvalue weighted by Gasteiger charge is 2.31. The van der Waals surface area contributed by atoms with E-state index in [1.54, 1.807) is 11.3 Å². The smallest absolute Gasteiger partial charge is 0.0561 e. The number of aromatic nitrogens is 1. The van der Waals surface area contributed by atoms with E-state index in [2.05, 4.69) is 28.7 Å². The molecule has 3 rings (SSSR count). The molecule has 0 amide bonds. The average molecular weight is 307 g/mol. The molecular formula is C16H19ClN2S. The van der Waals surface area contributed by atoms with Crippen molar-refractivity contribution in [3.63, 3.8) is 0 Å². The van der Waals surface area contributed by atoms with E-state index >= 15 is 0 Å². The quantitative estimate of drug-likeness (QED) is 0.895. The van der Waals surface area contributed by atoms with Crippen LogP contribution in [0.15, 0.2) is 29.8 Å². The van der Waals surface area contributed by atoms with E-state index in [-0.39, 0.29) is 6.04 Å². The van der Waals surface area contributed by atoms with Gasteiger partial charge in [-0.3, -0.25) is 4.98 Å². The van der Waals surface area contributed by atoms with Gasteiger partial charge in [0.2, 0.25) is 0 Å². The highest BCUT2D eigenvalue weighted by molar-refractivity contribution is 7.10. The van der Waals surface area contributed by atoms with Gasteiger partial charge in [-0.05, 0) is 48.9 Å². The zero-order valence-electron chi connectivity index (χ0n) is 11.6. The first kappa shape index (κ1) is 14.1. The second kappa shape index (κ2) is 6.25.